The molecule has 1 aromatic carbocycles. The van der Waals surface area contributed by atoms with Crippen LogP contribution in [0.3, 0.4) is 0 Å². The number of benzene rings is 1. The minimum Gasteiger partial charge on any atom is -0.486 e. The molecular weight excluding hydrogens is 344 g/mol. The van der Waals surface area contributed by atoms with Crippen LogP contribution in [0.25, 0.3) is 0 Å². The van der Waals surface area contributed by atoms with Crippen LogP contribution in [-0.4, -0.2) is 59.4 Å². The predicted molar refractivity (Wildman–Crippen MR) is 98.5 cm³/mol. The van der Waals surface area contributed by atoms with Crippen molar-refractivity contribution < 1.29 is 19.4 Å². The third-order valence-electron chi connectivity index (χ3n) is 3.68. The smallest absolute Gasteiger partial charge is 0.410 e. The fourth-order valence-electron chi connectivity index (χ4n) is 2.49. The van der Waals surface area contributed by atoms with Crippen LogP contribution in [0.5, 0.6) is 5.75 Å². The average molecular weight is 371 g/mol. The van der Waals surface area contributed by atoms with E-state index in [0.717, 1.165) is 12.1 Å². The van der Waals surface area contributed by atoms with Crippen LogP contribution in [-0.2, 0) is 4.74 Å². The molecule has 2 rings (SSSR count). The molecule has 0 bridgehead atoms. The van der Waals surface area contributed by atoms with Gasteiger partial charge in [-0.1, -0.05) is 12.1 Å². The molecule has 6 nitrogen and oxygen atoms in total. The lowest BCUT2D eigenvalue weighted by Gasteiger charge is -2.24. The predicted octanol–water partition coefficient (Wildman–Crippen LogP) is 3.09. The molecule has 0 saturated carbocycles. The van der Waals surface area contributed by atoms with Crippen LogP contribution in [0.1, 0.15) is 27.2 Å². The summed E-state index contributed by atoms with van der Waals surface area (Å²) in [5, 5.41) is 12.7. The van der Waals surface area contributed by atoms with Gasteiger partial charge in [-0.15, -0.1) is 11.6 Å². The van der Waals surface area contributed by atoms with Gasteiger partial charge in [-0.2, -0.15) is 0 Å². The molecule has 1 amide bonds. The summed E-state index contributed by atoms with van der Waals surface area (Å²) in [5.41, 5.74) is 0.290. The average Bonchev–Trinajstić information content (AvgIpc) is 3.01. The van der Waals surface area contributed by atoms with Crippen molar-refractivity contribution in [3.63, 3.8) is 0 Å². The fraction of sp³-hybridized carbons (Fsp3) is 0.611. The summed E-state index contributed by atoms with van der Waals surface area (Å²) < 4.78 is 11.5. The van der Waals surface area contributed by atoms with Gasteiger partial charge in [-0.25, -0.2) is 4.79 Å². The molecular formula is C18H27ClN2O4. The highest BCUT2D eigenvalue weighted by Crippen LogP contribution is 2.27. The fourth-order valence-corrected chi connectivity index (χ4v) is 2.60. The van der Waals surface area contributed by atoms with E-state index in [0.29, 0.717) is 25.4 Å². The van der Waals surface area contributed by atoms with E-state index in [2.05, 4.69) is 5.32 Å². The lowest BCUT2D eigenvalue weighted by Crippen LogP contribution is -2.36. The zero-order valence-electron chi connectivity index (χ0n) is 15.0. The highest BCUT2D eigenvalue weighted by Gasteiger charge is 2.31. The van der Waals surface area contributed by atoms with Crippen molar-refractivity contribution in [2.45, 2.75) is 45.0 Å². The number of rotatable bonds is 6. The highest BCUT2D eigenvalue weighted by molar-refractivity contribution is 6.18. The van der Waals surface area contributed by atoms with Crippen LogP contribution >= 0.6 is 11.6 Å². The van der Waals surface area contributed by atoms with Gasteiger partial charge in [0.2, 0.25) is 0 Å². The monoisotopic (exact) mass is 370 g/mol. The van der Waals surface area contributed by atoms with Crippen molar-refractivity contribution in [3.05, 3.63) is 24.3 Å². The van der Waals surface area contributed by atoms with Crippen LogP contribution in [0, 0.1) is 0 Å². The summed E-state index contributed by atoms with van der Waals surface area (Å²) in [6.45, 7) is 7.01. The van der Waals surface area contributed by atoms with E-state index in [4.69, 9.17) is 21.1 Å². The first kappa shape index (κ1) is 19.7. The molecule has 1 aliphatic heterocycles. The molecule has 0 aromatic heterocycles. The van der Waals surface area contributed by atoms with E-state index in [1.165, 1.54) is 0 Å². The molecule has 1 fully saturated rings. The Morgan fingerprint density at radius 2 is 2.16 bits per heavy atom. The van der Waals surface area contributed by atoms with Gasteiger partial charge in [0.15, 0.2) is 0 Å². The molecule has 2 unspecified atom stereocenters. The van der Waals surface area contributed by atoms with Crippen molar-refractivity contribution in [2.24, 2.45) is 0 Å². The van der Waals surface area contributed by atoms with Crippen LogP contribution in [0.15, 0.2) is 24.3 Å². The zero-order valence-corrected chi connectivity index (χ0v) is 15.8. The third kappa shape index (κ3) is 6.29. The normalized spacial score (nSPS) is 18.8. The molecule has 1 heterocycles. The maximum Gasteiger partial charge on any atom is 0.410 e. The van der Waals surface area contributed by atoms with Crippen molar-refractivity contribution in [1.82, 2.24) is 4.90 Å². The highest BCUT2D eigenvalue weighted by atomic mass is 35.5. The summed E-state index contributed by atoms with van der Waals surface area (Å²) >= 11 is 5.62. The van der Waals surface area contributed by atoms with Gasteiger partial charge in [-0.3, -0.25) is 0 Å². The molecule has 1 aromatic rings. The number of nitrogens with one attached hydrogen (secondary N) is 1. The number of alkyl halides is 1. The summed E-state index contributed by atoms with van der Waals surface area (Å²) in [5.74, 6) is 0.865. The molecule has 2 N–H and O–H groups in total. The van der Waals surface area contributed by atoms with E-state index >= 15 is 0 Å². The quantitative estimate of drug-likeness (QED) is 0.753. The van der Waals surface area contributed by atoms with Crippen LogP contribution in [0.4, 0.5) is 10.5 Å². The molecule has 140 valence electrons. The van der Waals surface area contributed by atoms with Gasteiger partial charge < -0.3 is 24.8 Å². The van der Waals surface area contributed by atoms with Gasteiger partial charge >= 0.3 is 6.09 Å². The lowest BCUT2D eigenvalue weighted by molar-refractivity contribution is 0.0276. The van der Waals surface area contributed by atoms with Crippen LogP contribution < -0.4 is 10.1 Å². The number of carbonyl (C=O) groups excluding carboxylic acids is 1. The number of likely N-dealkylation sites (tertiary alicyclic amines) is 1. The Hall–Kier alpha value is -1.66. The van der Waals surface area contributed by atoms with E-state index < -0.39 is 11.7 Å². The maximum atomic E-state index is 12.1. The minimum absolute atomic E-state index is 0.0894. The maximum absolute atomic E-state index is 12.1. The number of ether oxygens (including phenoxy) is 2. The van der Waals surface area contributed by atoms with Crippen LogP contribution in [0.2, 0.25) is 0 Å². The van der Waals surface area contributed by atoms with Gasteiger partial charge in [-0.05, 0) is 32.9 Å². The first-order valence-corrected chi connectivity index (χ1v) is 9.03. The number of aliphatic hydroxyl groups excluding tert-OH is 1. The molecule has 25 heavy (non-hydrogen) atoms. The Bertz CT molecular complexity index is 576. The number of hydrogen-bond donors (Lipinski definition) is 2. The number of nitrogens with zero attached hydrogens (tertiary/aromatic N) is 1. The van der Waals surface area contributed by atoms with E-state index in [9.17, 15) is 9.90 Å². The second-order valence-corrected chi connectivity index (χ2v) is 7.45. The summed E-state index contributed by atoms with van der Waals surface area (Å²) in [4.78, 5) is 13.8. The Morgan fingerprint density at radius 1 is 1.44 bits per heavy atom. The topological polar surface area (TPSA) is 71.0 Å². The van der Waals surface area contributed by atoms with Gasteiger partial charge in [0.1, 0.15) is 17.5 Å². The number of hydrogen-bond acceptors (Lipinski definition) is 5. The zero-order chi connectivity index (χ0) is 18.4. The van der Waals surface area contributed by atoms with Crippen molar-refractivity contribution in [2.75, 3.05) is 30.8 Å². The number of aliphatic hydroxyl groups is 1. The number of carbonyl (C=O) groups is 1. The molecule has 7 heteroatoms. The van der Waals surface area contributed by atoms with Gasteiger partial charge in [0.25, 0.3) is 0 Å². The first-order chi connectivity index (χ1) is 11.8. The van der Waals surface area contributed by atoms with Crippen molar-refractivity contribution in [1.29, 1.82) is 0 Å². The molecule has 2 atom stereocenters. The molecule has 0 aliphatic carbocycles. The Labute approximate surface area is 154 Å². The first-order valence-electron chi connectivity index (χ1n) is 8.50. The summed E-state index contributed by atoms with van der Waals surface area (Å²) in [6, 6.07) is 7.53. The van der Waals surface area contributed by atoms with Crippen molar-refractivity contribution in [3.8, 4) is 5.75 Å². The molecule has 0 radical (unpaired) electrons. The van der Waals surface area contributed by atoms with Crippen molar-refractivity contribution >= 4 is 23.4 Å². The second kappa shape index (κ2) is 8.63. The number of amides is 1. The number of halogens is 1. The van der Waals surface area contributed by atoms with Gasteiger partial charge in [0.05, 0.1) is 24.2 Å². The van der Waals surface area contributed by atoms with E-state index in [-0.39, 0.29) is 18.1 Å². The van der Waals surface area contributed by atoms with E-state index in [1.54, 1.807) is 4.90 Å². The number of anilines is 1. The molecule has 1 aliphatic rings. The Balaban J connectivity index is 1.92. The van der Waals surface area contributed by atoms with E-state index in [1.807, 2.05) is 45.0 Å². The summed E-state index contributed by atoms with van der Waals surface area (Å²) in [6.07, 6.45) is -0.273. The molecule has 1 saturated heterocycles. The second-order valence-electron chi connectivity index (χ2n) is 7.14. The Kier molecular flexibility index (Phi) is 6.79. The third-order valence-corrected chi connectivity index (χ3v) is 4.04. The number of para-hydroxylation sites is 2. The largest absolute Gasteiger partial charge is 0.486 e. The SMILES string of the molecule is CC(C)(C)OC(=O)N1CCC(Oc2ccccc2NCC(O)CCl)C1. The minimum atomic E-state index is -0.621. The van der Waals surface area contributed by atoms with Gasteiger partial charge in [0, 0.05) is 19.5 Å². The standard InChI is InChI=1S/C18H27ClN2O4/c1-18(2,3)25-17(23)21-9-8-14(12-21)24-16-7-5-4-6-15(16)20-11-13(22)10-19/h4-7,13-14,20,22H,8-12H2,1-3H3. The Morgan fingerprint density at radius 3 is 2.84 bits per heavy atom. The summed E-state index contributed by atoms with van der Waals surface area (Å²) in [7, 11) is 0. The molecule has 0 spiro atoms. The lowest BCUT2D eigenvalue weighted by atomic mass is 10.2.